The first-order valence-electron chi connectivity index (χ1n) is 7.43. The van der Waals surface area contributed by atoms with Gasteiger partial charge in [0.2, 0.25) is 0 Å². The summed E-state index contributed by atoms with van der Waals surface area (Å²) < 4.78 is 0. The van der Waals surface area contributed by atoms with Crippen LogP contribution in [-0.2, 0) is 30.5 Å². The van der Waals surface area contributed by atoms with Crippen LogP contribution >= 0.6 is 11.3 Å². The van der Waals surface area contributed by atoms with Crippen LogP contribution in [0.5, 0.6) is 0 Å². The summed E-state index contributed by atoms with van der Waals surface area (Å²) in [6.07, 6.45) is 4.69. The molecule has 3 rings (SSSR count). The summed E-state index contributed by atoms with van der Waals surface area (Å²) in [5, 5.41) is 0. The highest BCUT2D eigenvalue weighted by Crippen LogP contribution is 2.27. The molecule has 0 N–H and O–H groups in total. The predicted octanol–water partition coefficient (Wildman–Crippen LogP) is 4.23. The molecular formula is C18H20OS. The van der Waals surface area contributed by atoms with Crippen LogP contribution in [-0.4, -0.2) is 5.78 Å². The van der Waals surface area contributed by atoms with Crippen molar-refractivity contribution in [1.82, 2.24) is 0 Å². The first-order valence-corrected chi connectivity index (χ1v) is 8.25. The molecule has 2 heteroatoms. The molecule has 0 spiro atoms. The number of Topliss-reactive ketones (excluding diaryl/α,β-unsaturated/α-hetero) is 1. The van der Waals surface area contributed by atoms with Gasteiger partial charge >= 0.3 is 0 Å². The molecule has 1 aliphatic carbocycles. The lowest BCUT2D eigenvalue weighted by molar-refractivity contribution is -0.122. The number of rotatable bonds is 4. The van der Waals surface area contributed by atoms with Crippen LogP contribution in [0.2, 0.25) is 0 Å². The topological polar surface area (TPSA) is 17.1 Å². The van der Waals surface area contributed by atoms with Crippen LogP contribution in [0.3, 0.4) is 0 Å². The van der Waals surface area contributed by atoms with Crippen molar-refractivity contribution in [3.63, 3.8) is 0 Å². The Morgan fingerprint density at radius 2 is 1.90 bits per heavy atom. The Labute approximate surface area is 124 Å². The van der Waals surface area contributed by atoms with Crippen LogP contribution in [0.25, 0.3) is 0 Å². The summed E-state index contributed by atoms with van der Waals surface area (Å²) >= 11 is 1.79. The van der Waals surface area contributed by atoms with Gasteiger partial charge in [0.25, 0.3) is 0 Å². The summed E-state index contributed by atoms with van der Waals surface area (Å²) in [7, 11) is 0. The molecule has 1 aromatic carbocycles. The molecule has 1 aliphatic rings. The molecule has 0 aliphatic heterocycles. The molecule has 1 atom stereocenters. The second kappa shape index (κ2) is 5.92. The van der Waals surface area contributed by atoms with E-state index in [0.29, 0.717) is 12.2 Å². The monoisotopic (exact) mass is 284 g/mol. The molecule has 1 unspecified atom stereocenters. The first kappa shape index (κ1) is 13.6. The van der Waals surface area contributed by atoms with E-state index in [1.807, 2.05) is 0 Å². The largest absolute Gasteiger partial charge is 0.299 e. The van der Waals surface area contributed by atoms with Crippen LogP contribution < -0.4 is 0 Å². The van der Waals surface area contributed by atoms with Crippen LogP contribution in [0.4, 0.5) is 0 Å². The van der Waals surface area contributed by atoms with E-state index in [0.717, 1.165) is 25.7 Å². The molecule has 1 nitrogen and oxygen atoms in total. The fraction of sp³-hybridized carbons (Fsp3) is 0.389. The Hall–Kier alpha value is -1.41. The highest BCUT2D eigenvalue weighted by molar-refractivity contribution is 7.12. The Morgan fingerprint density at radius 1 is 1.15 bits per heavy atom. The molecule has 20 heavy (non-hydrogen) atoms. The van der Waals surface area contributed by atoms with Gasteiger partial charge in [-0.15, -0.1) is 11.3 Å². The average molecular weight is 284 g/mol. The average Bonchev–Trinajstić information content (AvgIpc) is 2.94. The highest BCUT2D eigenvalue weighted by atomic mass is 32.1. The quantitative estimate of drug-likeness (QED) is 0.821. The van der Waals surface area contributed by atoms with E-state index >= 15 is 0 Å². The Bertz CT molecular complexity index is 611. The minimum Gasteiger partial charge on any atom is -0.299 e. The van der Waals surface area contributed by atoms with Gasteiger partial charge in [-0.1, -0.05) is 31.2 Å². The standard InChI is InChI=1S/C18H20OS/c1-2-16-9-10-17(20-16)12-18(19)15-8-7-13-5-3-4-6-14(13)11-15/h3-6,9-10,15H,2,7-8,11-12H2,1H3. The van der Waals surface area contributed by atoms with Gasteiger partial charge in [0, 0.05) is 22.1 Å². The Morgan fingerprint density at radius 3 is 2.65 bits per heavy atom. The van der Waals surface area contributed by atoms with Crippen molar-refractivity contribution in [1.29, 1.82) is 0 Å². The van der Waals surface area contributed by atoms with Gasteiger partial charge in [-0.05, 0) is 48.9 Å². The first-order chi connectivity index (χ1) is 9.76. The third-order valence-electron chi connectivity index (χ3n) is 4.22. The summed E-state index contributed by atoms with van der Waals surface area (Å²) in [6.45, 7) is 2.16. The van der Waals surface area contributed by atoms with Gasteiger partial charge in [0.05, 0.1) is 0 Å². The number of aryl methyl sites for hydroxylation is 2. The zero-order valence-electron chi connectivity index (χ0n) is 11.9. The predicted molar refractivity (Wildman–Crippen MR) is 84.4 cm³/mol. The number of carbonyl (C=O) groups excluding carboxylic acids is 1. The zero-order chi connectivity index (χ0) is 13.9. The second-order valence-electron chi connectivity index (χ2n) is 5.57. The minimum atomic E-state index is 0.220. The van der Waals surface area contributed by atoms with Gasteiger partial charge < -0.3 is 0 Å². The maximum absolute atomic E-state index is 12.5. The number of hydrogen-bond donors (Lipinski definition) is 0. The highest BCUT2D eigenvalue weighted by Gasteiger charge is 2.24. The fourth-order valence-corrected chi connectivity index (χ4v) is 3.96. The third kappa shape index (κ3) is 2.85. The summed E-state index contributed by atoms with van der Waals surface area (Å²) in [5.41, 5.74) is 2.80. The number of ketones is 1. The van der Waals surface area contributed by atoms with E-state index < -0.39 is 0 Å². The van der Waals surface area contributed by atoms with Crippen LogP contribution in [0.15, 0.2) is 36.4 Å². The molecule has 0 bridgehead atoms. The zero-order valence-corrected chi connectivity index (χ0v) is 12.7. The molecule has 1 aromatic heterocycles. The van der Waals surface area contributed by atoms with Gasteiger partial charge in [-0.25, -0.2) is 0 Å². The van der Waals surface area contributed by atoms with E-state index in [2.05, 4.69) is 43.3 Å². The van der Waals surface area contributed by atoms with Crippen molar-refractivity contribution in [2.75, 3.05) is 0 Å². The number of benzene rings is 1. The minimum absolute atomic E-state index is 0.220. The lowest BCUT2D eigenvalue weighted by Gasteiger charge is -2.23. The summed E-state index contributed by atoms with van der Waals surface area (Å²) in [6, 6.07) is 12.8. The van der Waals surface area contributed by atoms with E-state index in [9.17, 15) is 4.79 Å². The molecule has 0 fully saturated rings. The van der Waals surface area contributed by atoms with Crippen molar-refractivity contribution in [3.05, 3.63) is 57.3 Å². The Balaban J connectivity index is 1.67. The van der Waals surface area contributed by atoms with Gasteiger partial charge in [-0.2, -0.15) is 0 Å². The lowest BCUT2D eigenvalue weighted by atomic mass is 9.81. The fourth-order valence-electron chi connectivity index (χ4n) is 3.00. The van der Waals surface area contributed by atoms with Gasteiger partial charge in [0.15, 0.2) is 0 Å². The maximum Gasteiger partial charge on any atom is 0.141 e. The molecule has 104 valence electrons. The van der Waals surface area contributed by atoms with Crippen molar-refractivity contribution < 1.29 is 4.79 Å². The normalized spacial score (nSPS) is 17.8. The SMILES string of the molecule is CCc1ccc(CC(=O)C2CCc3ccccc3C2)s1. The van der Waals surface area contributed by atoms with Crippen LogP contribution in [0, 0.1) is 5.92 Å². The smallest absolute Gasteiger partial charge is 0.141 e. The summed E-state index contributed by atoms with van der Waals surface area (Å²) in [4.78, 5) is 15.1. The van der Waals surface area contributed by atoms with E-state index in [4.69, 9.17) is 0 Å². The molecule has 0 amide bonds. The van der Waals surface area contributed by atoms with Gasteiger partial charge in [-0.3, -0.25) is 4.79 Å². The van der Waals surface area contributed by atoms with Crippen molar-refractivity contribution in [2.24, 2.45) is 5.92 Å². The Kier molecular flexibility index (Phi) is 4.02. The molecule has 1 heterocycles. The number of hydrogen-bond acceptors (Lipinski definition) is 2. The van der Waals surface area contributed by atoms with Crippen molar-refractivity contribution >= 4 is 17.1 Å². The molecule has 2 aromatic rings. The molecule has 0 saturated heterocycles. The van der Waals surface area contributed by atoms with Gasteiger partial charge in [0.1, 0.15) is 5.78 Å². The van der Waals surface area contributed by atoms with E-state index in [1.54, 1.807) is 11.3 Å². The van der Waals surface area contributed by atoms with E-state index in [-0.39, 0.29) is 5.92 Å². The van der Waals surface area contributed by atoms with E-state index in [1.165, 1.54) is 20.9 Å². The number of fused-ring (bicyclic) bond motifs is 1. The molecular weight excluding hydrogens is 264 g/mol. The van der Waals surface area contributed by atoms with Crippen molar-refractivity contribution in [3.8, 4) is 0 Å². The third-order valence-corrected chi connectivity index (χ3v) is 5.45. The molecule has 0 radical (unpaired) electrons. The second-order valence-corrected chi connectivity index (χ2v) is 6.83. The number of thiophene rings is 1. The number of carbonyl (C=O) groups is 1. The maximum atomic E-state index is 12.5. The molecule has 0 saturated carbocycles. The van der Waals surface area contributed by atoms with Crippen molar-refractivity contribution in [2.45, 2.75) is 39.0 Å². The summed E-state index contributed by atoms with van der Waals surface area (Å²) in [5.74, 6) is 0.640. The lowest BCUT2D eigenvalue weighted by Crippen LogP contribution is -2.23. The van der Waals surface area contributed by atoms with Crippen LogP contribution in [0.1, 0.15) is 34.2 Å².